The van der Waals surface area contributed by atoms with E-state index in [9.17, 15) is 14.7 Å². The van der Waals surface area contributed by atoms with E-state index in [1.54, 1.807) is 42.1 Å². The Labute approximate surface area is 139 Å². The van der Waals surface area contributed by atoms with Gasteiger partial charge in [0.15, 0.2) is 6.04 Å². The first-order valence-corrected chi connectivity index (χ1v) is 7.82. The van der Waals surface area contributed by atoms with Gasteiger partial charge in [-0.05, 0) is 19.9 Å². The highest BCUT2D eigenvalue weighted by atomic mass is 16.5. The van der Waals surface area contributed by atoms with Crippen molar-refractivity contribution >= 4 is 11.9 Å². The summed E-state index contributed by atoms with van der Waals surface area (Å²) in [6.07, 6.45) is 1.66. The zero-order chi connectivity index (χ0) is 17.3. The standard InChI is InChI=1S/C17H19N3O4/c1-3-19-10-13(11(2)18-19)16(21)20-8-9-24-14-7-5-4-6-12(14)15(20)17(22)23/h4-7,10,15H,3,8-9H2,1-2H3,(H,22,23). The number of rotatable bonds is 3. The molecule has 1 unspecified atom stereocenters. The van der Waals surface area contributed by atoms with Gasteiger partial charge in [-0.3, -0.25) is 9.48 Å². The Kier molecular flexibility index (Phi) is 4.24. The summed E-state index contributed by atoms with van der Waals surface area (Å²) in [5.41, 5.74) is 1.49. The van der Waals surface area contributed by atoms with Crippen LogP contribution in [-0.4, -0.2) is 44.8 Å². The second kappa shape index (κ2) is 6.35. The van der Waals surface area contributed by atoms with Crippen molar-refractivity contribution in [1.29, 1.82) is 0 Å². The van der Waals surface area contributed by atoms with E-state index in [4.69, 9.17) is 4.74 Å². The quantitative estimate of drug-likeness (QED) is 0.929. The van der Waals surface area contributed by atoms with E-state index in [1.807, 2.05) is 6.92 Å². The van der Waals surface area contributed by atoms with Crippen LogP contribution in [0.25, 0.3) is 0 Å². The number of para-hydroxylation sites is 1. The highest BCUT2D eigenvalue weighted by Gasteiger charge is 2.36. The third kappa shape index (κ3) is 2.73. The second-order valence-corrected chi connectivity index (χ2v) is 5.61. The predicted octanol–water partition coefficient (Wildman–Crippen LogP) is 1.87. The number of hydrogen-bond donors (Lipinski definition) is 1. The van der Waals surface area contributed by atoms with E-state index in [2.05, 4.69) is 5.10 Å². The molecule has 126 valence electrons. The van der Waals surface area contributed by atoms with Crippen molar-refractivity contribution in [2.24, 2.45) is 0 Å². The smallest absolute Gasteiger partial charge is 0.331 e. The van der Waals surface area contributed by atoms with Crippen LogP contribution in [0, 0.1) is 6.92 Å². The average Bonchev–Trinajstić information content (AvgIpc) is 2.83. The van der Waals surface area contributed by atoms with Crippen LogP contribution in [0.2, 0.25) is 0 Å². The van der Waals surface area contributed by atoms with Crippen LogP contribution in [0.4, 0.5) is 0 Å². The number of carboxylic acid groups (broad SMARTS) is 1. The third-order valence-electron chi connectivity index (χ3n) is 4.11. The molecular weight excluding hydrogens is 310 g/mol. The number of ether oxygens (including phenoxy) is 1. The van der Waals surface area contributed by atoms with Crippen LogP contribution in [0.5, 0.6) is 5.75 Å². The predicted molar refractivity (Wildman–Crippen MR) is 86.0 cm³/mol. The van der Waals surface area contributed by atoms with Crippen molar-refractivity contribution in [3.8, 4) is 5.75 Å². The molecule has 0 radical (unpaired) electrons. The molecular formula is C17H19N3O4. The van der Waals surface area contributed by atoms with Gasteiger partial charge in [0.2, 0.25) is 0 Å². The minimum Gasteiger partial charge on any atom is -0.491 e. The average molecular weight is 329 g/mol. The number of nitrogens with zero attached hydrogens (tertiary/aromatic N) is 3. The molecule has 1 aliphatic heterocycles. The molecule has 2 heterocycles. The summed E-state index contributed by atoms with van der Waals surface area (Å²) in [6.45, 7) is 4.76. The lowest BCUT2D eigenvalue weighted by atomic mass is 10.0. The van der Waals surface area contributed by atoms with E-state index in [0.717, 1.165) is 0 Å². The zero-order valence-corrected chi connectivity index (χ0v) is 13.6. The molecule has 1 aromatic heterocycles. The maximum Gasteiger partial charge on any atom is 0.331 e. The van der Waals surface area contributed by atoms with Gasteiger partial charge < -0.3 is 14.7 Å². The number of aromatic nitrogens is 2. The minimum atomic E-state index is -1.08. The SMILES string of the molecule is CCn1cc(C(=O)N2CCOc3ccccc3C2C(=O)O)c(C)n1. The van der Waals surface area contributed by atoms with E-state index in [1.165, 1.54) is 4.90 Å². The highest BCUT2D eigenvalue weighted by Crippen LogP contribution is 2.33. The molecule has 24 heavy (non-hydrogen) atoms. The van der Waals surface area contributed by atoms with Crippen molar-refractivity contribution in [3.05, 3.63) is 47.3 Å². The molecule has 7 nitrogen and oxygen atoms in total. The molecule has 7 heteroatoms. The third-order valence-corrected chi connectivity index (χ3v) is 4.11. The molecule has 1 aliphatic rings. The first kappa shape index (κ1) is 16.0. The summed E-state index contributed by atoms with van der Waals surface area (Å²) in [4.78, 5) is 26.2. The van der Waals surface area contributed by atoms with Gasteiger partial charge in [-0.15, -0.1) is 0 Å². The monoisotopic (exact) mass is 329 g/mol. The van der Waals surface area contributed by atoms with Gasteiger partial charge >= 0.3 is 5.97 Å². The van der Waals surface area contributed by atoms with Gasteiger partial charge in [0, 0.05) is 18.3 Å². The van der Waals surface area contributed by atoms with Crippen molar-refractivity contribution in [1.82, 2.24) is 14.7 Å². The summed E-state index contributed by atoms with van der Waals surface area (Å²) in [5, 5.41) is 14.0. The maximum absolute atomic E-state index is 13.0. The van der Waals surface area contributed by atoms with Crippen LogP contribution >= 0.6 is 0 Å². The van der Waals surface area contributed by atoms with Crippen LogP contribution < -0.4 is 4.74 Å². The van der Waals surface area contributed by atoms with Crippen LogP contribution in [-0.2, 0) is 11.3 Å². The summed E-state index contributed by atoms with van der Waals surface area (Å²) in [7, 11) is 0. The van der Waals surface area contributed by atoms with Gasteiger partial charge in [0.1, 0.15) is 12.4 Å². The number of carboxylic acids is 1. The molecule has 0 saturated heterocycles. The number of hydrogen-bond acceptors (Lipinski definition) is 4. The molecule has 0 aliphatic carbocycles. The lowest BCUT2D eigenvalue weighted by molar-refractivity contribution is -0.142. The number of amides is 1. The molecule has 3 rings (SSSR count). The van der Waals surface area contributed by atoms with Gasteiger partial charge in [0.05, 0.1) is 17.8 Å². The molecule has 1 N–H and O–H groups in total. The largest absolute Gasteiger partial charge is 0.491 e. The molecule has 0 spiro atoms. The second-order valence-electron chi connectivity index (χ2n) is 5.61. The lowest BCUT2D eigenvalue weighted by Crippen LogP contribution is -2.40. The van der Waals surface area contributed by atoms with Crippen molar-refractivity contribution in [2.45, 2.75) is 26.4 Å². The first-order valence-electron chi connectivity index (χ1n) is 7.82. The molecule has 1 aromatic carbocycles. The summed E-state index contributed by atoms with van der Waals surface area (Å²) in [6, 6.07) is 5.85. The Morgan fingerprint density at radius 3 is 2.79 bits per heavy atom. The topological polar surface area (TPSA) is 84.7 Å². The van der Waals surface area contributed by atoms with Crippen LogP contribution in [0.15, 0.2) is 30.5 Å². The van der Waals surface area contributed by atoms with E-state index >= 15 is 0 Å². The lowest BCUT2D eigenvalue weighted by Gasteiger charge is -2.26. The Morgan fingerprint density at radius 1 is 1.38 bits per heavy atom. The molecule has 2 aromatic rings. The van der Waals surface area contributed by atoms with Crippen molar-refractivity contribution in [3.63, 3.8) is 0 Å². The zero-order valence-electron chi connectivity index (χ0n) is 13.6. The Morgan fingerprint density at radius 2 is 2.12 bits per heavy atom. The first-order chi connectivity index (χ1) is 11.5. The fourth-order valence-corrected chi connectivity index (χ4v) is 2.92. The number of benzene rings is 1. The molecule has 0 bridgehead atoms. The maximum atomic E-state index is 13.0. The summed E-state index contributed by atoms with van der Waals surface area (Å²) in [5.74, 6) is -0.928. The molecule has 1 atom stereocenters. The molecule has 0 saturated carbocycles. The number of carbonyl (C=O) groups excluding carboxylic acids is 1. The number of aliphatic carboxylic acids is 1. The van der Waals surface area contributed by atoms with E-state index in [-0.39, 0.29) is 19.1 Å². The van der Waals surface area contributed by atoms with Gasteiger partial charge in [0.25, 0.3) is 5.91 Å². The summed E-state index contributed by atoms with van der Waals surface area (Å²) >= 11 is 0. The van der Waals surface area contributed by atoms with Gasteiger partial charge in [-0.2, -0.15) is 5.10 Å². The van der Waals surface area contributed by atoms with E-state index < -0.39 is 12.0 Å². The summed E-state index contributed by atoms with van der Waals surface area (Å²) < 4.78 is 7.29. The molecule has 1 amide bonds. The highest BCUT2D eigenvalue weighted by molar-refractivity contribution is 5.97. The normalized spacial score (nSPS) is 16.9. The van der Waals surface area contributed by atoms with Gasteiger partial charge in [-0.25, -0.2) is 4.79 Å². The van der Waals surface area contributed by atoms with Gasteiger partial charge in [-0.1, -0.05) is 18.2 Å². The Hall–Kier alpha value is -2.83. The number of fused-ring (bicyclic) bond motifs is 1. The van der Waals surface area contributed by atoms with Crippen LogP contribution in [0.3, 0.4) is 0 Å². The minimum absolute atomic E-state index is 0.196. The number of aryl methyl sites for hydroxylation is 2. The number of carbonyl (C=O) groups is 2. The Bertz CT molecular complexity index is 784. The Balaban J connectivity index is 2.03. The van der Waals surface area contributed by atoms with Crippen molar-refractivity contribution in [2.75, 3.05) is 13.2 Å². The van der Waals surface area contributed by atoms with E-state index in [0.29, 0.717) is 29.1 Å². The van der Waals surface area contributed by atoms with Crippen molar-refractivity contribution < 1.29 is 19.4 Å². The molecule has 0 fully saturated rings. The fraction of sp³-hybridized carbons (Fsp3) is 0.353. The van der Waals surface area contributed by atoms with Crippen LogP contribution in [0.1, 0.15) is 34.6 Å². The fourth-order valence-electron chi connectivity index (χ4n) is 2.92.